The van der Waals surface area contributed by atoms with E-state index in [9.17, 15) is 13.2 Å². The zero-order valence-corrected chi connectivity index (χ0v) is 8.98. The molecule has 0 aliphatic heterocycles. The van der Waals surface area contributed by atoms with Crippen LogP contribution in [0, 0.1) is 0 Å². The Hall–Kier alpha value is -2.31. The van der Waals surface area contributed by atoms with Gasteiger partial charge in [0.25, 0.3) is 0 Å². The summed E-state index contributed by atoms with van der Waals surface area (Å²) >= 11 is 0. The van der Waals surface area contributed by atoms with Gasteiger partial charge in [-0.05, 0) is 18.2 Å². The van der Waals surface area contributed by atoms with Crippen LogP contribution in [0.5, 0.6) is 11.6 Å². The molecule has 7 heteroatoms. The van der Waals surface area contributed by atoms with Crippen molar-refractivity contribution in [3.05, 3.63) is 42.4 Å². The summed E-state index contributed by atoms with van der Waals surface area (Å²) in [5.74, 6) is 0.0274. The molecule has 0 radical (unpaired) electrons. The Morgan fingerprint density at radius 2 is 2.00 bits per heavy atom. The van der Waals surface area contributed by atoms with Crippen molar-refractivity contribution in [2.24, 2.45) is 0 Å². The van der Waals surface area contributed by atoms with E-state index in [2.05, 4.69) is 9.97 Å². The van der Waals surface area contributed by atoms with Gasteiger partial charge in [0.2, 0.25) is 5.88 Å². The molecule has 0 unspecified atom stereocenters. The van der Waals surface area contributed by atoms with Gasteiger partial charge in [-0.3, -0.25) is 0 Å². The smallest absolute Gasteiger partial charge is 0.416 e. The van der Waals surface area contributed by atoms with Gasteiger partial charge in [0.1, 0.15) is 17.8 Å². The van der Waals surface area contributed by atoms with E-state index in [4.69, 9.17) is 10.5 Å². The Bertz CT molecular complexity index is 557. The number of nitrogens with two attached hydrogens (primary N) is 1. The second-order valence-corrected chi connectivity index (χ2v) is 3.41. The first-order valence-electron chi connectivity index (χ1n) is 4.87. The van der Waals surface area contributed by atoms with Crippen molar-refractivity contribution < 1.29 is 17.9 Å². The van der Waals surface area contributed by atoms with Crippen LogP contribution in [0.3, 0.4) is 0 Å². The molecule has 2 aromatic rings. The summed E-state index contributed by atoms with van der Waals surface area (Å²) in [6.07, 6.45) is -1.92. The lowest BCUT2D eigenvalue weighted by molar-refractivity contribution is -0.137. The number of halogens is 3. The number of aromatic nitrogens is 2. The molecule has 0 atom stereocenters. The molecule has 0 aliphatic rings. The maximum Gasteiger partial charge on any atom is 0.416 e. The first-order chi connectivity index (χ1) is 8.47. The SMILES string of the molecule is Nc1cncnc1Oc1cccc(C(F)(F)F)c1. The Kier molecular flexibility index (Phi) is 3.05. The van der Waals surface area contributed by atoms with Gasteiger partial charge in [-0.15, -0.1) is 0 Å². The van der Waals surface area contributed by atoms with E-state index in [-0.39, 0.29) is 17.3 Å². The van der Waals surface area contributed by atoms with Crippen molar-refractivity contribution in [3.8, 4) is 11.6 Å². The maximum atomic E-state index is 12.5. The lowest BCUT2D eigenvalue weighted by Crippen LogP contribution is -2.04. The first-order valence-corrected chi connectivity index (χ1v) is 4.87. The molecule has 2 N–H and O–H groups in total. The molecule has 18 heavy (non-hydrogen) atoms. The minimum Gasteiger partial charge on any atom is -0.437 e. The maximum absolute atomic E-state index is 12.5. The molecule has 94 valence electrons. The van der Waals surface area contributed by atoms with E-state index in [1.165, 1.54) is 24.7 Å². The van der Waals surface area contributed by atoms with Crippen LogP contribution in [0.15, 0.2) is 36.8 Å². The second kappa shape index (κ2) is 4.52. The average Bonchev–Trinajstić information content (AvgIpc) is 2.31. The Morgan fingerprint density at radius 3 is 2.67 bits per heavy atom. The summed E-state index contributed by atoms with van der Waals surface area (Å²) in [6.45, 7) is 0. The van der Waals surface area contributed by atoms with Crippen LogP contribution in [0.4, 0.5) is 18.9 Å². The average molecular weight is 255 g/mol. The normalized spacial score (nSPS) is 11.3. The molecule has 0 saturated carbocycles. The van der Waals surface area contributed by atoms with Crippen LogP contribution in [0.25, 0.3) is 0 Å². The monoisotopic (exact) mass is 255 g/mol. The molecular formula is C11H8F3N3O. The molecule has 1 heterocycles. The van der Waals surface area contributed by atoms with Gasteiger partial charge in [-0.1, -0.05) is 6.07 Å². The van der Waals surface area contributed by atoms with Crippen molar-refractivity contribution in [2.75, 3.05) is 5.73 Å². The van der Waals surface area contributed by atoms with Crippen LogP contribution < -0.4 is 10.5 Å². The molecule has 0 amide bonds. The number of ether oxygens (including phenoxy) is 1. The summed E-state index contributed by atoms with van der Waals surface area (Å²) in [5, 5.41) is 0. The number of benzene rings is 1. The summed E-state index contributed by atoms with van der Waals surface area (Å²) in [7, 11) is 0. The van der Waals surface area contributed by atoms with E-state index in [0.717, 1.165) is 12.1 Å². The van der Waals surface area contributed by atoms with Crippen LogP contribution in [0.1, 0.15) is 5.56 Å². The molecule has 0 fully saturated rings. The fraction of sp³-hybridized carbons (Fsp3) is 0.0909. The van der Waals surface area contributed by atoms with Gasteiger partial charge in [-0.2, -0.15) is 18.2 Å². The number of anilines is 1. The predicted octanol–water partition coefficient (Wildman–Crippen LogP) is 2.87. The van der Waals surface area contributed by atoms with Crippen LogP contribution in [-0.4, -0.2) is 9.97 Å². The standard InChI is InChI=1S/C11H8F3N3O/c12-11(13,14)7-2-1-3-8(4-7)18-10-9(15)5-16-6-17-10/h1-6H,15H2. The third-order valence-corrected chi connectivity index (χ3v) is 2.08. The molecule has 2 rings (SSSR count). The van der Waals surface area contributed by atoms with E-state index >= 15 is 0 Å². The van der Waals surface area contributed by atoms with Crippen molar-refractivity contribution in [1.29, 1.82) is 0 Å². The third kappa shape index (κ3) is 2.68. The number of rotatable bonds is 2. The number of nitrogens with zero attached hydrogens (tertiary/aromatic N) is 2. The highest BCUT2D eigenvalue weighted by molar-refractivity contribution is 5.47. The molecule has 0 aliphatic carbocycles. The van der Waals surface area contributed by atoms with Gasteiger partial charge < -0.3 is 10.5 Å². The van der Waals surface area contributed by atoms with Gasteiger partial charge in [0.15, 0.2) is 0 Å². The minimum atomic E-state index is -4.42. The fourth-order valence-electron chi connectivity index (χ4n) is 1.26. The van der Waals surface area contributed by atoms with E-state index in [1.54, 1.807) is 0 Å². The zero-order chi connectivity index (χ0) is 13.2. The number of nitrogen functional groups attached to an aromatic ring is 1. The van der Waals surface area contributed by atoms with E-state index in [1.807, 2.05) is 0 Å². The zero-order valence-electron chi connectivity index (χ0n) is 8.98. The van der Waals surface area contributed by atoms with Crippen molar-refractivity contribution in [1.82, 2.24) is 9.97 Å². The predicted molar refractivity (Wildman–Crippen MR) is 58.0 cm³/mol. The number of hydrogen-bond acceptors (Lipinski definition) is 4. The topological polar surface area (TPSA) is 61.0 Å². The van der Waals surface area contributed by atoms with E-state index in [0.29, 0.717) is 0 Å². The number of alkyl halides is 3. The number of hydrogen-bond donors (Lipinski definition) is 1. The Balaban J connectivity index is 2.28. The van der Waals surface area contributed by atoms with Gasteiger partial charge in [-0.25, -0.2) is 4.98 Å². The molecule has 0 bridgehead atoms. The minimum absolute atomic E-state index is 0.00947. The summed E-state index contributed by atoms with van der Waals surface area (Å²) in [5.41, 5.74) is 4.87. The third-order valence-electron chi connectivity index (χ3n) is 2.08. The molecule has 4 nitrogen and oxygen atoms in total. The van der Waals surface area contributed by atoms with Crippen LogP contribution >= 0.6 is 0 Å². The summed E-state index contributed by atoms with van der Waals surface area (Å²) < 4.78 is 42.6. The quantitative estimate of drug-likeness (QED) is 0.896. The molecule has 1 aromatic heterocycles. The fourth-order valence-corrected chi connectivity index (χ4v) is 1.26. The van der Waals surface area contributed by atoms with Crippen LogP contribution in [0.2, 0.25) is 0 Å². The highest BCUT2D eigenvalue weighted by atomic mass is 19.4. The Labute approximate surface area is 100 Å². The Morgan fingerprint density at radius 1 is 1.22 bits per heavy atom. The van der Waals surface area contributed by atoms with Crippen molar-refractivity contribution >= 4 is 5.69 Å². The summed E-state index contributed by atoms with van der Waals surface area (Å²) in [4.78, 5) is 7.37. The highest BCUT2D eigenvalue weighted by Crippen LogP contribution is 2.32. The van der Waals surface area contributed by atoms with E-state index < -0.39 is 11.7 Å². The van der Waals surface area contributed by atoms with Gasteiger partial charge in [0.05, 0.1) is 11.8 Å². The van der Waals surface area contributed by atoms with Crippen molar-refractivity contribution in [3.63, 3.8) is 0 Å². The first kappa shape index (κ1) is 12.2. The van der Waals surface area contributed by atoms with Crippen LogP contribution in [-0.2, 0) is 6.18 Å². The molecule has 0 saturated heterocycles. The van der Waals surface area contributed by atoms with Gasteiger partial charge >= 0.3 is 6.18 Å². The lowest BCUT2D eigenvalue weighted by atomic mass is 10.2. The lowest BCUT2D eigenvalue weighted by Gasteiger charge is -2.10. The second-order valence-electron chi connectivity index (χ2n) is 3.41. The molecule has 0 spiro atoms. The largest absolute Gasteiger partial charge is 0.437 e. The molecule has 1 aromatic carbocycles. The van der Waals surface area contributed by atoms with Crippen molar-refractivity contribution in [2.45, 2.75) is 6.18 Å². The van der Waals surface area contributed by atoms with Gasteiger partial charge in [0, 0.05) is 0 Å². The highest BCUT2D eigenvalue weighted by Gasteiger charge is 2.30. The summed E-state index contributed by atoms with van der Waals surface area (Å²) in [6, 6.07) is 4.46. The molecular weight excluding hydrogens is 247 g/mol.